The molecular weight excluding hydrogens is 166 g/mol. The molecule has 0 aromatic carbocycles. The lowest BCUT2D eigenvalue weighted by Crippen LogP contribution is -2.29. The molecule has 1 fully saturated rings. The van der Waals surface area contributed by atoms with Crippen LogP contribution >= 0.6 is 11.3 Å². The fraction of sp³-hybridized carbons (Fsp3) is 0.600. The topological polar surface area (TPSA) is 3.24 Å². The first-order chi connectivity index (χ1) is 5.88. The van der Waals surface area contributed by atoms with Crippen LogP contribution in [0.15, 0.2) is 16.8 Å². The summed E-state index contributed by atoms with van der Waals surface area (Å²) in [5.41, 5.74) is 1.52. The van der Waals surface area contributed by atoms with Crippen molar-refractivity contribution in [3.63, 3.8) is 0 Å². The van der Waals surface area contributed by atoms with Crippen molar-refractivity contribution in [2.75, 3.05) is 13.6 Å². The van der Waals surface area contributed by atoms with Crippen molar-refractivity contribution in [2.45, 2.75) is 25.3 Å². The lowest BCUT2D eigenvalue weighted by atomic mass is 9.98. The zero-order valence-electron chi connectivity index (χ0n) is 7.49. The standard InChI is InChI=1S/C10H15NS/c1-11-6-3-2-4-10(11)9-5-7-12-8-9/h5,7-8,10H,2-4,6H2,1H3/t10-/m0/s1. The van der Waals surface area contributed by atoms with Gasteiger partial charge in [0.05, 0.1) is 0 Å². The first-order valence-corrected chi connectivity index (χ1v) is 5.54. The van der Waals surface area contributed by atoms with Crippen LogP contribution in [0.5, 0.6) is 0 Å². The van der Waals surface area contributed by atoms with Crippen LogP contribution in [-0.2, 0) is 0 Å². The van der Waals surface area contributed by atoms with Crippen LogP contribution in [0, 0.1) is 0 Å². The van der Waals surface area contributed by atoms with Gasteiger partial charge < -0.3 is 0 Å². The molecule has 1 nitrogen and oxygen atoms in total. The molecule has 0 spiro atoms. The monoisotopic (exact) mass is 181 g/mol. The molecule has 2 heterocycles. The quantitative estimate of drug-likeness (QED) is 0.644. The summed E-state index contributed by atoms with van der Waals surface area (Å²) in [4.78, 5) is 2.48. The second-order valence-corrected chi connectivity index (χ2v) is 4.33. The highest BCUT2D eigenvalue weighted by Crippen LogP contribution is 2.30. The average molecular weight is 181 g/mol. The Kier molecular flexibility index (Phi) is 2.47. The molecule has 0 aliphatic carbocycles. The van der Waals surface area contributed by atoms with Gasteiger partial charge in [0.25, 0.3) is 0 Å². The van der Waals surface area contributed by atoms with E-state index in [9.17, 15) is 0 Å². The zero-order valence-corrected chi connectivity index (χ0v) is 8.31. The molecule has 0 unspecified atom stereocenters. The smallest absolute Gasteiger partial charge is 0.0353 e. The summed E-state index contributed by atoms with van der Waals surface area (Å²) in [6.45, 7) is 1.26. The third-order valence-electron chi connectivity index (χ3n) is 2.70. The Balaban J connectivity index is 2.11. The van der Waals surface area contributed by atoms with Crippen LogP contribution in [0.4, 0.5) is 0 Å². The van der Waals surface area contributed by atoms with E-state index in [0.717, 1.165) is 0 Å². The molecule has 2 rings (SSSR count). The Morgan fingerprint density at radius 1 is 1.50 bits per heavy atom. The van der Waals surface area contributed by atoms with E-state index in [4.69, 9.17) is 0 Å². The van der Waals surface area contributed by atoms with Crippen molar-refractivity contribution in [3.05, 3.63) is 22.4 Å². The molecule has 1 aromatic heterocycles. The summed E-state index contributed by atoms with van der Waals surface area (Å²) in [6, 6.07) is 2.96. The Bertz CT molecular complexity index is 230. The van der Waals surface area contributed by atoms with Gasteiger partial charge in [-0.2, -0.15) is 11.3 Å². The first-order valence-electron chi connectivity index (χ1n) is 4.60. The molecule has 0 saturated carbocycles. The minimum absolute atomic E-state index is 0.699. The van der Waals surface area contributed by atoms with Crippen LogP contribution < -0.4 is 0 Å². The molecule has 1 aliphatic rings. The highest BCUT2D eigenvalue weighted by atomic mass is 32.1. The van der Waals surface area contributed by atoms with Gasteiger partial charge in [0, 0.05) is 6.04 Å². The summed E-state index contributed by atoms with van der Waals surface area (Å²) in [7, 11) is 2.24. The van der Waals surface area contributed by atoms with E-state index >= 15 is 0 Å². The minimum Gasteiger partial charge on any atom is -0.299 e. The molecule has 0 N–H and O–H groups in total. The molecule has 12 heavy (non-hydrogen) atoms. The van der Waals surface area contributed by atoms with Crippen LogP contribution in [0.2, 0.25) is 0 Å². The lowest BCUT2D eigenvalue weighted by molar-refractivity contribution is 0.188. The van der Waals surface area contributed by atoms with E-state index in [0.29, 0.717) is 6.04 Å². The van der Waals surface area contributed by atoms with Gasteiger partial charge in [-0.05, 0) is 48.8 Å². The van der Waals surface area contributed by atoms with Gasteiger partial charge in [-0.3, -0.25) is 4.90 Å². The second-order valence-electron chi connectivity index (χ2n) is 3.55. The van der Waals surface area contributed by atoms with Crippen LogP contribution in [0.1, 0.15) is 30.9 Å². The third kappa shape index (κ3) is 1.54. The van der Waals surface area contributed by atoms with E-state index in [2.05, 4.69) is 28.8 Å². The fourth-order valence-electron chi connectivity index (χ4n) is 1.96. The average Bonchev–Trinajstić information content (AvgIpc) is 2.57. The van der Waals surface area contributed by atoms with Gasteiger partial charge in [0.2, 0.25) is 0 Å². The molecule has 1 aliphatic heterocycles. The molecule has 0 radical (unpaired) electrons. The Morgan fingerprint density at radius 2 is 2.42 bits per heavy atom. The molecule has 1 saturated heterocycles. The summed E-state index contributed by atoms with van der Waals surface area (Å²) >= 11 is 1.81. The van der Waals surface area contributed by atoms with Gasteiger partial charge in [0.15, 0.2) is 0 Å². The number of thiophene rings is 1. The number of piperidine rings is 1. The predicted octanol–water partition coefficient (Wildman–Crippen LogP) is 2.90. The van der Waals surface area contributed by atoms with Crippen LogP contribution in [0.3, 0.4) is 0 Å². The molecule has 1 atom stereocenters. The number of hydrogen-bond acceptors (Lipinski definition) is 2. The van der Waals surface area contributed by atoms with Crippen molar-refractivity contribution < 1.29 is 0 Å². The van der Waals surface area contributed by atoms with Gasteiger partial charge in [-0.15, -0.1) is 0 Å². The Labute approximate surface area is 78.0 Å². The highest BCUT2D eigenvalue weighted by Gasteiger charge is 2.20. The van der Waals surface area contributed by atoms with Crippen molar-refractivity contribution in [2.24, 2.45) is 0 Å². The third-order valence-corrected chi connectivity index (χ3v) is 3.40. The van der Waals surface area contributed by atoms with Crippen LogP contribution in [0.25, 0.3) is 0 Å². The van der Waals surface area contributed by atoms with Crippen molar-refractivity contribution >= 4 is 11.3 Å². The molecule has 2 heteroatoms. The van der Waals surface area contributed by atoms with E-state index in [1.165, 1.54) is 31.4 Å². The summed E-state index contributed by atoms with van der Waals surface area (Å²) in [5, 5.41) is 4.46. The van der Waals surface area contributed by atoms with Gasteiger partial charge in [-0.1, -0.05) is 6.42 Å². The van der Waals surface area contributed by atoms with E-state index < -0.39 is 0 Å². The first kappa shape index (κ1) is 8.27. The van der Waals surface area contributed by atoms with Crippen molar-refractivity contribution in [1.29, 1.82) is 0 Å². The summed E-state index contributed by atoms with van der Waals surface area (Å²) in [6.07, 6.45) is 4.11. The maximum absolute atomic E-state index is 2.48. The maximum Gasteiger partial charge on any atom is 0.0353 e. The molecule has 0 amide bonds. The van der Waals surface area contributed by atoms with E-state index in [1.54, 1.807) is 0 Å². The molecule has 66 valence electrons. The van der Waals surface area contributed by atoms with Gasteiger partial charge in [-0.25, -0.2) is 0 Å². The predicted molar refractivity (Wildman–Crippen MR) is 53.5 cm³/mol. The molecule has 0 bridgehead atoms. The Hall–Kier alpha value is -0.340. The number of hydrogen-bond donors (Lipinski definition) is 0. The van der Waals surface area contributed by atoms with Crippen molar-refractivity contribution in [3.8, 4) is 0 Å². The lowest BCUT2D eigenvalue weighted by Gasteiger charge is -2.31. The minimum atomic E-state index is 0.699. The fourth-order valence-corrected chi connectivity index (χ4v) is 2.67. The number of nitrogens with zero attached hydrogens (tertiary/aromatic N) is 1. The van der Waals surface area contributed by atoms with E-state index in [1.807, 2.05) is 11.3 Å². The number of likely N-dealkylation sites (tertiary alicyclic amines) is 1. The van der Waals surface area contributed by atoms with Gasteiger partial charge >= 0.3 is 0 Å². The van der Waals surface area contributed by atoms with E-state index in [-0.39, 0.29) is 0 Å². The second kappa shape index (κ2) is 3.58. The summed E-state index contributed by atoms with van der Waals surface area (Å²) < 4.78 is 0. The molecule has 1 aromatic rings. The normalized spacial score (nSPS) is 25.9. The largest absolute Gasteiger partial charge is 0.299 e. The zero-order chi connectivity index (χ0) is 8.39. The SMILES string of the molecule is CN1CCCC[C@H]1c1ccsc1. The van der Waals surface area contributed by atoms with Gasteiger partial charge in [0.1, 0.15) is 0 Å². The maximum atomic E-state index is 2.48. The van der Waals surface area contributed by atoms with Crippen molar-refractivity contribution in [1.82, 2.24) is 4.90 Å². The van der Waals surface area contributed by atoms with Crippen LogP contribution in [-0.4, -0.2) is 18.5 Å². The summed E-state index contributed by atoms with van der Waals surface area (Å²) in [5.74, 6) is 0. The number of rotatable bonds is 1. The molecular formula is C10H15NS. The Morgan fingerprint density at radius 3 is 3.08 bits per heavy atom. The highest BCUT2D eigenvalue weighted by molar-refractivity contribution is 7.07.